The summed E-state index contributed by atoms with van der Waals surface area (Å²) in [6.45, 7) is 0. The minimum atomic E-state index is -5.35. The molecule has 0 aromatic carbocycles. The smallest absolute Gasteiger partial charge is 0.344 e. The number of hydrogen-bond acceptors (Lipinski definition) is 7. The molecule has 0 bridgehead atoms. The predicted molar refractivity (Wildman–Crippen MR) is 45.9 cm³/mol. The van der Waals surface area contributed by atoms with E-state index in [9.17, 15) is 13.7 Å². The Kier molecular flexibility index (Phi) is 6.66. The molecule has 0 saturated heterocycles. The molecule has 0 amide bonds. The lowest BCUT2D eigenvalue weighted by atomic mass is 11.8. The average Bonchev–Trinajstić information content (AvgIpc) is 1.78. The van der Waals surface area contributed by atoms with Crippen molar-refractivity contribution in [1.82, 2.24) is 6.15 Å². The topological polar surface area (TPSA) is 195 Å². The minimum Gasteiger partial charge on any atom is -0.344 e. The van der Waals surface area contributed by atoms with Gasteiger partial charge in [0, 0.05) is 7.11 Å². The van der Waals surface area contributed by atoms with Gasteiger partial charge in [0.15, 0.2) is 0 Å². The van der Waals surface area contributed by atoms with E-state index >= 15 is 0 Å². The summed E-state index contributed by atoms with van der Waals surface area (Å²) in [6, 6.07) is 0. The summed E-state index contributed by atoms with van der Waals surface area (Å²) in [7, 11) is -14.8. The van der Waals surface area contributed by atoms with Gasteiger partial charge in [-0.1, -0.05) is 0 Å². The van der Waals surface area contributed by atoms with Crippen LogP contribution in [0.5, 0.6) is 0 Å². The molecule has 7 N–H and O–H groups in total. The first-order valence-electron chi connectivity index (χ1n) is 2.67. The van der Waals surface area contributed by atoms with Crippen molar-refractivity contribution in [3.05, 3.63) is 0 Å². The van der Waals surface area contributed by atoms with E-state index in [0.717, 1.165) is 0 Å². The molecule has 0 spiro atoms. The lowest BCUT2D eigenvalue weighted by Gasteiger charge is -2.14. The van der Waals surface area contributed by atoms with Crippen molar-refractivity contribution >= 4 is 23.5 Å². The summed E-state index contributed by atoms with van der Waals surface area (Å²) >= 11 is 0. The third kappa shape index (κ3) is 9.31. The standard InChI is InChI=1S/CH7O10P3.H3N/c1-9-13(5,6)11-14(7,8)10-12(2,3)4;/h1H3,(H,5,6)(H,7,8)(H2,2,3,4);1H3. The van der Waals surface area contributed by atoms with Gasteiger partial charge in [0.05, 0.1) is 0 Å². The van der Waals surface area contributed by atoms with Gasteiger partial charge in [-0.15, -0.1) is 0 Å². The number of phosphoric acid groups is 3. The summed E-state index contributed by atoms with van der Waals surface area (Å²) in [5.74, 6) is 0. The fraction of sp³-hybridized carbons (Fsp3) is 1.00. The summed E-state index contributed by atoms with van der Waals surface area (Å²) in [5, 5.41) is 0. The van der Waals surface area contributed by atoms with Gasteiger partial charge in [-0.2, -0.15) is 8.62 Å². The van der Waals surface area contributed by atoms with Gasteiger partial charge in [-0.25, -0.2) is 13.7 Å². The van der Waals surface area contributed by atoms with Gasteiger partial charge in [0.2, 0.25) is 0 Å². The van der Waals surface area contributed by atoms with Crippen LogP contribution in [0.15, 0.2) is 0 Å². The van der Waals surface area contributed by atoms with Crippen LogP contribution in [0.1, 0.15) is 0 Å². The van der Waals surface area contributed by atoms with Crippen LogP contribution in [0.2, 0.25) is 0 Å². The zero-order chi connectivity index (χ0) is 11.6. The maximum absolute atomic E-state index is 10.6. The van der Waals surface area contributed by atoms with Crippen molar-refractivity contribution in [2.45, 2.75) is 0 Å². The van der Waals surface area contributed by atoms with Gasteiger partial charge in [-0.3, -0.25) is 4.52 Å². The molecular formula is CH10NO10P3. The lowest BCUT2D eigenvalue weighted by molar-refractivity contribution is 0.191. The normalized spacial score (nSPS) is 19.8. The molecule has 2 unspecified atom stereocenters. The highest BCUT2D eigenvalue weighted by atomic mass is 31.3. The first kappa shape index (κ1) is 17.8. The van der Waals surface area contributed by atoms with Gasteiger partial charge in [-0.05, 0) is 0 Å². The molecule has 0 heterocycles. The Balaban J connectivity index is 0. The monoisotopic (exact) mass is 289 g/mol. The van der Waals surface area contributed by atoms with Gasteiger partial charge < -0.3 is 25.7 Å². The van der Waals surface area contributed by atoms with E-state index in [1.807, 2.05) is 0 Å². The van der Waals surface area contributed by atoms with Crippen LogP contribution in [-0.4, -0.2) is 26.7 Å². The number of rotatable bonds is 5. The maximum Gasteiger partial charge on any atom is 0.490 e. The van der Waals surface area contributed by atoms with Gasteiger partial charge in [0.25, 0.3) is 0 Å². The first-order chi connectivity index (χ1) is 5.97. The van der Waals surface area contributed by atoms with E-state index in [1.165, 1.54) is 0 Å². The largest absolute Gasteiger partial charge is 0.490 e. The average molecular weight is 289 g/mol. The molecule has 0 saturated carbocycles. The molecule has 0 aromatic rings. The highest BCUT2D eigenvalue weighted by Gasteiger charge is 2.39. The second kappa shape index (κ2) is 5.62. The molecule has 0 aliphatic carbocycles. The van der Waals surface area contributed by atoms with Crippen LogP contribution < -0.4 is 6.15 Å². The molecule has 94 valence electrons. The lowest BCUT2D eigenvalue weighted by Crippen LogP contribution is -1.93. The molecule has 0 aromatic heterocycles. The van der Waals surface area contributed by atoms with Crippen molar-refractivity contribution in [3.8, 4) is 0 Å². The highest BCUT2D eigenvalue weighted by molar-refractivity contribution is 7.66. The molecule has 11 nitrogen and oxygen atoms in total. The Labute approximate surface area is 84.0 Å². The van der Waals surface area contributed by atoms with Crippen molar-refractivity contribution in [2.75, 3.05) is 7.11 Å². The Morgan fingerprint density at radius 1 is 0.867 bits per heavy atom. The third-order valence-corrected chi connectivity index (χ3v) is 4.44. The first-order valence-corrected chi connectivity index (χ1v) is 7.19. The van der Waals surface area contributed by atoms with Crippen LogP contribution in [-0.2, 0) is 26.8 Å². The third-order valence-electron chi connectivity index (χ3n) is 0.647. The Bertz CT molecular complexity index is 330. The summed E-state index contributed by atoms with van der Waals surface area (Å²) in [4.78, 5) is 33.2. The van der Waals surface area contributed by atoms with Crippen LogP contribution in [0.4, 0.5) is 0 Å². The molecule has 0 aliphatic rings. The Morgan fingerprint density at radius 2 is 1.27 bits per heavy atom. The van der Waals surface area contributed by atoms with Crippen molar-refractivity contribution in [2.24, 2.45) is 0 Å². The van der Waals surface area contributed by atoms with E-state index in [1.54, 1.807) is 0 Å². The maximum atomic E-state index is 10.6. The quantitative estimate of drug-likeness (QED) is 0.431. The highest BCUT2D eigenvalue weighted by Crippen LogP contribution is 2.65. The zero-order valence-electron chi connectivity index (χ0n) is 7.29. The van der Waals surface area contributed by atoms with Crippen molar-refractivity contribution in [3.63, 3.8) is 0 Å². The SMILES string of the molecule is COP(=O)(O)OP(=O)(O)OP(=O)(O)O.N. The van der Waals surface area contributed by atoms with Crippen molar-refractivity contribution in [1.29, 1.82) is 0 Å². The van der Waals surface area contributed by atoms with Gasteiger partial charge >= 0.3 is 23.5 Å². The fourth-order valence-electron chi connectivity index (χ4n) is 0.313. The second-order valence-electron chi connectivity index (χ2n) is 1.77. The molecule has 0 fully saturated rings. The molecular weight excluding hydrogens is 279 g/mol. The van der Waals surface area contributed by atoms with Gasteiger partial charge in [0.1, 0.15) is 0 Å². The summed E-state index contributed by atoms with van der Waals surface area (Å²) in [6.07, 6.45) is 0. The van der Waals surface area contributed by atoms with Crippen LogP contribution in [0.25, 0.3) is 0 Å². The second-order valence-corrected chi connectivity index (χ2v) is 6.30. The molecule has 2 atom stereocenters. The summed E-state index contributed by atoms with van der Waals surface area (Å²) < 4.78 is 41.6. The van der Waals surface area contributed by atoms with E-state index in [4.69, 9.17) is 19.6 Å². The van der Waals surface area contributed by atoms with E-state index in [-0.39, 0.29) is 6.15 Å². The Hall–Kier alpha value is 0.370. The van der Waals surface area contributed by atoms with Crippen LogP contribution in [0.3, 0.4) is 0 Å². The van der Waals surface area contributed by atoms with E-state index in [2.05, 4.69) is 13.1 Å². The summed E-state index contributed by atoms with van der Waals surface area (Å²) in [5.41, 5.74) is 0. The number of hydrogen-bond donors (Lipinski definition) is 5. The van der Waals surface area contributed by atoms with E-state index in [0.29, 0.717) is 7.11 Å². The molecule has 0 rings (SSSR count). The number of phosphoric ester groups is 1. The molecule has 0 aliphatic heterocycles. The van der Waals surface area contributed by atoms with E-state index < -0.39 is 23.5 Å². The molecule has 14 heteroatoms. The molecule has 15 heavy (non-hydrogen) atoms. The Morgan fingerprint density at radius 3 is 1.53 bits per heavy atom. The van der Waals surface area contributed by atoms with Crippen molar-refractivity contribution < 1.29 is 46.4 Å². The molecule has 0 radical (unpaired) electrons. The minimum absolute atomic E-state index is 0. The van der Waals surface area contributed by atoms with Crippen LogP contribution >= 0.6 is 23.5 Å². The fourth-order valence-corrected chi connectivity index (χ4v) is 3.09. The van der Waals surface area contributed by atoms with Crippen LogP contribution in [0, 0.1) is 0 Å². The zero-order valence-corrected chi connectivity index (χ0v) is 9.97. The predicted octanol–water partition coefficient (Wildman–Crippen LogP) is 0.121.